The first-order valence-electron chi connectivity index (χ1n) is 6.16. The van der Waals surface area contributed by atoms with Crippen LogP contribution in [0, 0.1) is 6.92 Å². The summed E-state index contributed by atoms with van der Waals surface area (Å²) in [5.41, 5.74) is 5.44. The monoisotopic (exact) mass is 246 g/mol. The van der Waals surface area contributed by atoms with Crippen LogP contribution in [0.5, 0.6) is 0 Å². The van der Waals surface area contributed by atoms with E-state index in [9.17, 15) is 4.79 Å². The number of rotatable bonds is 0. The van der Waals surface area contributed by atoms with Crippen molar-refractivity contribution in [2.45, 2.75) is 6.92 Å². The van der Waals surface area contributed by atoms with Crippen molar-refractivity contribution in [1.29, 1.82) is 0 Å². The molecule has 1 aliphatic rings. The Morgan fingerprint density at radius 2 is 1.53 bits per heavy atom. The van der Waals surface area contributed by atoms with E-state index in [0.717, 1.165) is 22.2 Å². The van der Waals surface area contributed by atoms with Crippen molar-refractivity contribution in [2.24, 2.45) is 0 Å². The van der Waals surface area contributed by atoms with E-state index in [1.54, 1.807) is 0 Å². The van der Waals surface area contributed by atoms with E-state index < -0.39 is 0 Å². The van der Waals surface area contributed by atoms with E-state index >= 15 is 0 Å². The molecule has 1 aromatic heterocycles. The van der Waals surface area contributed by atoms with Gasteiger partial charge in [0.2, 0.25) is 5.78 Å². The Hall–Kier alpha value is -2.55. The zero-order chi connectivity index (χ0) is 13.0. The quantitative estimate of drug-likeness (QED) is 0.478. The van der Waals surface area contributed by atoms with Gasteiger partial charge in [-0.05, 0) is 25.1 Å². The molecule has 0 bridgehead atoms. The molecule has 19 heavy (non-hydrogen) atoms. The second-order valence-electron chi connectivity index (χ2n) is 4.79. The van der Waals surface area contributed by atoms with Gasteiger partial charge in [0.05, 0.1) is 11.0 Å². The third-order valence-corrected chi connectivity index (χ3v) is 3.46. The summed E-state index contributed by atoms with van der Waals surface area (Å²) >= 11 is 0. The number of ketones is 1. The molecule has 0 saturated heterocycles. The fraction of sp³-hybridized carbons (Fsp3) is 0.0625. The van der Waals surface area contributed by atoms with Crippen molar-refractivity contribution in [3.63, 3.8) is 0 Å². The van der Waals surface area contributed by atoms with Gasteiger partial charge in [0.25, 0.3) is 0 Å². The maximum atomic E-state index is 12.4. The highest BCUT2D eigenvalue weighted by molar-refractivity contribution is 6.20. The molecule has 3 nitrogen and oxygen atoms in total. The molecular formula is C16H10N2O. The number of hydrogen-bond acceptors (Lipinski definition) is 3. The fourth-order valence-electron chi connectivity index (χ4n) is 2.53. The maximum Gasteiger partial charge on any atom is 0.214 e. The highest BCUT2D eigenvalue weighted by Gasteiger charge is 2.29. The molecule has 0 spiro atoms. The van der Waals surface area contributed by atoms with Gasteiger partial charge < -0.3 is 0 Å². The van der Waals surface area contributed by atoms with Crippen LogP contribution in [0.1, 0.15) is 21.6 Å². The topological polar surface area (TPSA) is 42.9 Å². The van der Waals surface area contributed by atoms with Gasteiger partial charge in [-0.1, -0.05) is 29.8 Å². The van der Waals surface area contributed by atoms with E-state index in [-0.39, 0.29) is 5.78 Å². The Morgan fingerprint density at radius 3 is 2.26 bits per heavy atom. The van der Waals surface area contributed by atoms with E-state index in [0.29, 0.717) is 17.0 Å². The third kappa shape index (κ3) is 1.35. The number of carbonyl (C=O) groups excluding carboxylic acids is 1. The molecule has 0 saturated carbocycles. The average molecular weight is 246 g/mol. The molecule has 0 atom stereocenters. The van der Waals surface area contributed by atoms with Gasteiger partial charge >= 0.3 is 0 Å². The smallest absolute Gasteiger partial charge is 0.214 e. The highest BCUT2D eigenvalue weighted by atomic mass is 16.1. The predicted octanol–water partition coefficient (Wildman–Crippen LogP) is 3.15. The summed E-state index contributed by atoms with van der Waals surface area (Å²) < 4.78 is 0. The maximum absolute atomic E-state index is 12.4. The first-order chi connectivity index (χ1) is 9.24. The van der Waals surface area contributed by atoms with Crippen LogP contribution in [0.4, 0.5) is 0 Å². The van der Waals surface area contributed by atoms with Crippen molar-refractivity contribution < 1.29 is 4.79 Å². The Labute approximate surface area is 109 Å². The summed E-state index contributed by atoms with van der Waals surface area (Å²) in [6, 6.07) is 13.5. The van der Waals surface area contributed by atoms with Gasteiger partial charge in [0.15, 0.2) is 0 Å². The normalized spacial score (nSPS) is 12.6. The van der Waals surface area contributed by atoms with Crippen LogP contribution in [-0.4, -0.2) is 15.8 Å². The molecule has 0 amide bonds. The lowest BCUT2D eigenvalue weighted by molar-refractivity contribution is 0.103. The Kier molecular flexibility index (Phi) is 1.90. The molecule has 90 valence electrons. The molecular weight excluding hydrogens is 236 g/mol. The molecule has 1 aliphatic carbocycles. The molecule has 0 radical (unpaired) electrons. The van der Waals surface area contributed by atoms with Gasteiger partial charge in [-0.2, -0.15) is 0 Å². The second-order valence-corrected chi connectivity index (χ2v) is 4.79. The predicted molar refractivity (Wildman–Crippen MR) is 73.1 cm³/mol. The van der Waals surface area contributed by atoms with E-state index in [1.165, 1.54) is 0 Å². The summed E-state index contributed by atoms with van der Waals surface area (Å²) in [5.74, 6) is -0.0213. The van der Waals surface area contributed by atoms with Crippen LogP contribution in [0.2, 0.25) is 0 Å². The van der Waals surface area contributed by atoms with Crippen LogP contribution in [0.3, 0.4) is 0 Å². The standard InChI is InChI=1S/C16H10N2O/c1-9-6-7-10-11(8-9)16(19)15-14(10)17-12-4-2-3-5-13(12)18-15/h2-8H,1H3. The molecule has 1 heterocycles. The van der Waals surface area contributed by atoms with Gasteiger partial charge in [-0.15, -0.1) is 0 Å². The third-order valence-electron chi connectivity index (χ3n) is 3.46. The minimum absolute atomic E-state index is 0.0213. The van der Waals surface area contributed by atoms with Crippen LogP contribution >= 0.6 is 0 Å². The molecule has 0 aliphatic heterocycles. The van der Waals surface area contributed by atoms with Gasteiger partial charge in [0.1, 0.15) is 11.4 Å². The van der Waals surface area contributed by atoms with E-state index in [2.05, 4.69) is 9.97 Å². The van der Waals surface area contributed by atoms with Gasteiger partial charge in [-0.25, -0.2) is 9.97 Å². The Morgan fingerprint density at radius 1 is 0.842 bits per heavy atom. The number of nitrogens with zero attached hydrogens (tertiary/aromatic N) is 2. The van der Waals surface area contributed by atoms with Crippen LogP contribution in [-0.2, 0) is 0 Å². The Balaban J connectivity index is 2.10. The van der Waals surface area contributed by atoms with Crippen molar-refractivity contribution in [1.82, 2.24) is 9.97 Å². The Bertz CT molecular complexity index is 852. The summed E-state index contributed by atoms with van der Waals surface area (Å²) in [5, 5.41) is 0. The minimum atomic E-state index is -0.0213. The van der Waals surface area contributed by atoms with Crippen molar-refractivity contribution in [3.05, 3.63) is 59.3 Å². The summed E-state index contributed by atoms with van der Waals surface area (Å²) in [6.07, 6.45) is 0. The number of aryl methyl sites for hydroxylation is 1. The van der Waals surface area contributed by atoms with Crippen LogP contribution in [0.15, 0.2) is 42.5 Å². The molecule has 4 rings (SSSR count). The average Bonchev–Trinajstić information content (AvgIpc) is 2.69. The fourth-order valence-corrected chi connectivity index (χ4v) is 2.53. The number of benzene rings is 2. The van der Waals surface area contributed by atoms with Gasteiger partial charge in [-0.3, -0.25) is 4.79 Å². The largest absolute Gasteiger partial charge is 0.287 e. The number of aromatic nitrogens is 2. The van der Waals surface area contributed by atoms with Crippen molar-refractivity contribution >= 4 is 16.8 Å². The minimum Gasteiger partial charge on any atom is -0.287 e. The summed E-state index contributed by atoms with van der Waals surface area (Å²) in [7, 11) is 0. The molecule has 0 N–H and O–H groups in total. The first-order valence-corrected chi connectivity index (χ1v) is 6.16. The molecule has 2 aromatic carbocycles. The first kappa shape index (κ1) is 10.4. The number of carbonyl (C=O) groups is 1. The number of fused-ring (bicyclic) bond motifs is 4. The van der Waals surface area contributed by atoms with Crippen molar-refractivity contribution in [3.8, 4) is 11.3 Å². The van der Waals surface area contributed by atoms with E-state index in [4.69, 9.17) is 0 Å². The zero-order valence-electron chi connectivity index (χ0n) is 10.3. The lowest BCUT2D eigenvalue weighted by Gasteiger charge is -2.01. The molecule has 0 unspecified atom stereocenters. The van der Waals surface area contributed by atoms with Crippen LogP contribution in [0.25, 0.3) is 22.3 Å². The van der Waals surface area contributed by atoms with Gasteiger partial charge in [0, 0.05) is 11.1 Å². The van der Waals surface area contributed by atoms with Crippen LogP contribution < -0.4 is 0 Å². The summed E-state index contributed by atoms with van der Waals surface area (Å²) in [4.78, 5) is 21.4. The number of hydrogen-bond donors (Lipinski definition) is 0. The zero-order valence-corrected chi connectivity index (χ0v) is 10.3. The summed E-state index contributed by atoms with van der Waals surface area (Å²) in [6.45, 7) is 1.98. The SMILES string of the molecule is Cc1ccc2c(c1)C(=O)c1nc3ccccc3nc1-2. The van der Waals surface area contributed by atoms with Crippen molar-refractivity contribution in [2.75, 3.05) is 0 Å². The number of para-hydroxylation sites is 2. The second kappa shape index (κ2) is 3.48. The lowest BCUT2D eigenvalue weighted by atomic mass is 10.1. The van der Waals surface area contributed by atoms with E-state index in [1.807, 2.05) is 49.4 Å². The molecule has 0 fully saturated rings. The highest BCUT2D eigenvalue weighted by Crippen LogP contribution is 2.35. The molecule has 3 aromatic rings. The molecule has 3 heteroatoms. The lowest BCUT2D eigenvalue weighted by Crippen LogP contribution is -2.00.